The van der Waals surface area contributed by atoms with Crippen LogP contribution in [0.2, 0.25) is 0 Å². The maximum Gasteiger partial charge on any atom is 0.325 e. The number of ether oxygens (including phenoxy) is 2. The Bertz CT molecular complexity index is 2100. The quantitative estimate of drug-likeness (QED) is 0.166. The first-order valence-electron chi connectivity index (χ1n) is 15.9. The molecule has 19 nitrogen and oxygen atoms in total. The van der Waals surface area contributed by atoms with Crippen molar-refractivity contribution < 1.29 is 47.6 Å². The third-order valence-corrected chi connectivity index (χ3v) is 12.4. The molecule has 4 aromatic heterocycles. The zero-order valence-electron chi connectivity index (χ0n) is 26.2. The molecule has 7 heterocycles. The molecule has 6 N–H and O–H groups in total. The molecule has 3 aliphatic heterocycles. The number of rotatable bonds is 4. The average molecular weight is 773 g/mol. The van der Waals surface area contributed by atoms with Crippen LogP contribution >= 0.6 is 13.4 Å². The molecule has 2 bridgehead atoms. The highest BCUT2D eigenvalue weighted by molar-refractivity contribution is 8.07. The summed E-state index contributed by atoms with van der Waals surface area (Å²) in [7, 11) is 0. The van der Waals surface area contributed by atoms with E-state index in [0.717, 1.165) is 42.3 Å². The average Bonchev–Trinajstić information content (AvgIpc) is 3.78. The second-order valence-corrected chi connectivity index (χ2v) is 18.0. The SMILES string of the molecule is NCCn1cnc2c(ncn2[C@@H]2O[C@@H]3COP(O)(=S)O[C@H]4[C@@H](O)[C@H](n5cc6c7c(ncnc75)CCCC6)O[C@@H]4COP(O)(=S)O[C@@H]2[C@@H]3O)c1=O. The lowest BCUT2D eigenvalue weighted by molar-refractivity contribution is -0.0606. The van der Waals surface area contributed by atoms with Crippen LogP contribution in [-0.4, -0.2) is 110 Å². The number of hydrogen-bond donors (Lipinski definition) is 5. The molecule has 8 rings (SSSR count). The first-order valence-corrected chi connectivity index (χ1v) is 21.1. The molecule has 3 saturated heterocycles. The Kier molecular flexibility index (Phi) is 9.32. The van der Waals surface area contributed by atoms with Crippen molar-refractivity contribution in [2.45, 2.75) is 81.3 Å². The molecule has 0 radical (unpaired) electrons. The Hall–Kier alpha value is -2.17. The Morgan fingerprint density at radius 2 is 1.58 bits per heavy atom. The minimum absolute atomic E-state index is 0.00538. The van der Waals surface area contributed by atoms with E-state index in [-0.39, 0.29) is 24.3 Å². The predicted molar refractivity (Wildman–Crippen MR) is 180 cm³/mol. The van der Waals surface area contributed by atoms with Gasteiger partial charge >= 0.3 is 13.4 Å². The Morgan fingerprint density at radius 1 is 0.860 bits per heavy atom. The summed E-state index contributed by atoms with van der Waals surface area (Å²) in [5, 5.41) is 23.8. The molecule has 3 fully saturated rings. The molecular formula is C27H34N8O11P2S2. The number of aliphatic hydroxyl groups excluding tert-OH is 2. The third kappa shape index (κ3) is 6.21. The maximum atomic E-state index is 13.0. The Labute approximate surface area is 293 Å². The van der Waals surface area contributed by atoms with Gasteiger partial charge in [-0.2, -0.15) is 0 Å². The fourth-order valence-corrected chi connectivity index (χ4v) is 9.81. The number of hydrogen-bond acceptors (Lipinski definition) is 16. The molecule has 0 saturated carbocycles. The van der Waals surface area contributed by atoms with Gasteiger partial charge in [0.05, 0.1) is 25.2 Å². The molecule has 50 heavy (non-hydrogen) atoms. The van der Waals surface area contributed by atoms with Gasteiger partial charge in [0, 0.05) is 24.7 Å². The van der Waals surface area contributed by atoms with Crippen LogP contribution in [0.4, 0.5) is 0 Å². The lowest BCUT2D eigenvalue weighted by atomic mass is 10.1. The summed E-state index contributed by atoms with van der Waals surface area (Å²) in [5.74, 6) is 0. The van der Waals surface area contributed by atoms with E-state index in [1.807, 2.05) is 6.20 Å². The highest BCUT2D eigenvalue weighted by Crippen LogP contribution is 2.54. The van der Waals surface area contributed by atoms with Gasteiger partial charge in [-0.3, -0.25) is 23.0 Å². The Morgan fingerprint density at radius 3 is 2.36 bits per heavy atom. The van der Waals surface area contributed by atoms with Gasteiger partial charge in [-0.25, -0.2) is 19.9 Å². The van der Waals surface area contributed by atoms with Crippen molar-refractivity contribution in [3.63, 3.8) is 0 Å². The van der Waals surface area contributed by atoms with E-state index in [2.05, 4.69) is 19.9 Å². The number of aromatic nitrogens is 7. The summed E-state index contributed by atoms with van der Waals surface area (Å²) >= 11 is 10.7. The lowest BCUT2D eigenvalue weighted by Crippen LogP contribution is -2.36. The van der Waals surface area contributed by atoms with Gasteiger partial charge in [0.2, 0.25) is 0 Å². The summed E-state index contributed by atoms with van der Waals surface area (Å²) in [6.07, 6.45) is -0.794. The molecule has 0 spiro atoms. The van der Waals surface area contributed by atoms with Crippen LogP contribution in [0.5, 0.6) is 0 Å². The monoisotopic (exact) mass is 772 g/mol. The molecule has 4 aliphatic rings. The fraction of sp³-hybridized carbons (Fsp3) is 0.593. The topological polar surface area (TPSA) is 246 Å². The van der Waals surface area contributed by atoms with Crippen molar-refractivity contribution in [1.29, 1.82) is 0 Å². The van der Waals surface area contributed by atoms with E-state index < -0.39 is 81.3 Å². The fourth-order valence-electron chi connectivity index (χ4n) is 6.95. The van der Waals surface area contributed by atoms with Gasteiger partial charge in [-0.05, 0) is 54.9 Å². The van der Waals surface area contributed by atoms with Crippen LogP contribution in [0.25, 0.3) is 22.2 Å². The summed E-state index contributed by atoms with van der Waals surface area (Å²) < 4.78 is 39.8. The number of aryl methyl sites for hydroxylation is 2. The second-order valence-electron chi connectivity index (χ2n) is 12.4. The van der Waals surface area contributed by atoms with E-state index in [0.29, 0.717) is 5.65 Å². The molecule has 0 aromatic carbocycles. The van der Waals surface area contributed by atoms with Crippen molar-refractivity contribution >= 4 is 59.2 Å². The minimum Gasteiger partial charge on any atom is -0.387 e. The molecular weight excluding hydrogens is 738 g/mol. The Balaban J connectivity index is 1.10. The summed E-state index contributed by atoms with van der Waals surface area (Å²) in [6.45, 7) is -8.89. The normalized spacial score (nSPS) is 36.5. The second kappa shape index (κ2) is 13.4. The van der Waals surface area contributed by atoms with E-state index in [4.69, 9.17) is 56.9 Å². The van der Waals surface area contributed by atoms with E-state index in [1.165, 1.54) is 28.1 Å². The zero-order valence-corrected chi connectivity index (χ0v) is 29.6. The van der Waals surface area contributed by atoms with Crippen molar-refractivity contribution in [3.05, 3.63) is 46.8 Å². The number of aliphatic hydroxyl groups is 2. The van der Waals surface area contributed by atoms with Crippen LogP contribution in [0.1, 0.15) is 36.6 Å². The van der Waals surface area contributed by atoms with E-state index in [9.17, 15) is 24.8 Å². The number of nitrogens with zero attached hydrogens (tertiary/aromatic N) is 7. The predicted octanol–water partition coefficient (Wildman–Crippen LogP) is -0.357. The van der Waals surface area contributed by atoms with Crippen LogP contribution in [0.15, 0.2) is 30.0 Å². The molecule has 2 unspecified atom stereocenters. The third-order valence-electron chi connectivity index (χ3n) is 9.28. The largest absolute Gasteiger partial charge is 0.387 e. The van der Waals surface area contributed by atoms with E-state index >= 15 is 0 Å². The molecule has 4 aromatic rings. The van der Waals surface area contributed by atoms with Crippen LogP contribution in [-0.2, 0) is 70.6 Å². The van der Waals surface area contributed by atoms with Gasteiger partial charge < -0.3 is 48.8 Å². The van der Waals surface area contributed by atoms with Gasteiger partial charge in [-0.15, -0.1) is 0 Å². The summed E-state index contributed by atoms with van der Waals surface area (Å²) in [6, 6.07) is 0. The van der Waals surface area contributed by atoms with Crippen molar-refractivity contribution in [3.8, 4) is 0 Å². The number of nitrogens with two attached hydrogens (primary N) is 1. The first-order chi connectivity index (χ1) is 23.9. The van der Waals surface area contributed by atoms with Crippen molar-refractivity contribution in [2.24, 2.45) is 5.73 Å². The molecule has 1 aliphatic carbocycles. The molecule has 23 heteroatoms. The van der Waals surface area contributed by atoms with E-state index in [1.54, 1.807) is 4.57 Å². The van der Waals surface area contributed by atoms with Gasteiger partial charge in [0.15, 0.2) is 23.6 Å². The smallest absolute Gasteiger partial charge is 0.325 e. The molecule has 10 atom stereocenters. The zero-order chi connectivity index (χ0) is 34.9. The van der Waals surface area contributed by atoms with Crippen LogP contribution in [0, 0.1) is 0 Å². The lowest BCUT2D eigenvalue weighted by Gasteiger charge is -2.28. The summed E-state index contributed by atoms with van der Waals surface area (Å²) in [5.41, 5.74) is 7.75. The van der Waals surface area contributed by atoms with Gasteiger partial charge in [0.1, 0.15) is 54.9 Å². The van der Waals surface area contributed by atoms with Gasteiger partial charge in [0.25, 0.3) is 5.56 Å². The summed E-state index contributed by atoms with van der Waals surface area (Å²) in [4.78, 5) is 52.9. The van der Waals surface area contributed by atoms with Crippen molar-refractivity contribution in [1.82, 2.24) is 33.6 Å². The minimum atomic E-state index is -4.20. The van der Waals surface area contributed by atoms with Gasteiger partial charge in [-0.1, -0.05) is 0 Å². The standard InChI is InChI=1S/C27H34N8O11P2S2/c28-5-6-33-11-32-24-18(25(33)38)31-12-35(24)27-22-19(36)15(43-27)8-41-47(39,49)45-21-16(9-42-48(40,50)46-22)44-26(20(21)37)34-7-13-3-1-2-4-14-17(13)23(34)30-10-29-14/h7,10-12,15-16,19-22,26-27,36-37H,1-6,8-9,28H2,(H,39,49)(H,40,50)/t15-,16-,19-,20-,21-,22-,26-,27-,47?,48?/m1/s1. The highest BCUT2D eigenvalue weighted by atomic mass is 32.5. The highest BCUT2D eigenvalue weighted by Gasteiger charge is 2.52. The van der Waals surface area contributed by atoms with Crippen LogP contribution in [0.3, 0.4) is 0 Å². The molecule has 0 amide bonds. The first kappa shape index (κ1) is 34.9. The molecule has 270 valence electrons. The maximum absolute atomic E-state index is 13.0. The number of fused-ring (bicyclic) bond motifs is 4. The van der Waals surface area contributed by atoms with Crippen molar-refractivity contribution in [2.75, 3.05) is 19.8 Å². The van der Waals surface area contributed by atoms with Crippen LogP contribution < -0.4 is 11.3 Å². The number of imidazole rings is 1.